The average Bonchev–Trinajstić information content (AvgIpc) is 1.30. The summed E-state index contributed by atoms with van der Waals surface area (Å²) in [5.41, 5.74) is 21.5. The SMILES string of the molecule is Cc1ccccc1N1c2cc3c4ccc5cc(N(c6ccccc6)c6ccccc6)ccc5c4n(-c4ccccc4)c3cc2B2c3cc4c(cc3Oc3cccc1c32)c1ccc2cc(N(c3ccccc3)c3ccccc3)ccc2c1n4-c1ccccc1. The number of nitrogens with zero attached hydrogens (tertiary/aromatic N) is 5. The van der Waals surface area contributed by atoms with Crippen molar-refractivity contribution in [1.29, 1.82) is 0 Å². The minimum Gasteiger partial charge on any atom is -0.458 e. The van der Waals surface area contributed by atoms with Gasteiger partial charge in [-0.15, -0.1) is 0 Å². The van der Waals surface area contributed by atoms with E-state index in [1.807, 2.05) is 0 Å². The van der Waals surface area contributed by atoms with E-state index >= 15 is 0 Å². The van der Waals surface area contributed by atoms with Crippen molar-refractivity contribution in [2.24, 2.45) is 0 Å². The first kappa shape index (κ1) is 49.8. The Morgan fingerprint density at radius 3 is 1.24 bits per heavy atom. The number of para-hydroxylation sites is 7. The highest BCUT2D eigenvalue weighted by atomic mass is 16.5. The Balaban J connectivity index is 0.887. The van der Waals surface area contributed by atoms with Gasteiger partial charge in [-0.2, -0.15) is 0 Å². The monoisotopic (exact) mass is 1120 g/mol. The summed E-state index contributed by atoms with van der Waals surface area (Å²) in [5, 5.41) is 9.37. The van der Waals surface area contributed by atoms with E-state index in [0.29, 0.717) is 0 Å². The molecule has 88 heavy (non-hydrogen) atoms. The quantitative estimate of drug-likeness (QED) is 0.135. The van der Waals surface area contributed by atoms with E-state index in [4.69, 9.17) is 4.74 Å². The second-order valence-corrected chi connectivity index (χ2v) is 23.3. The number of ether oxygens (including phenoxy) is 1. The molecule has 4 heterocycles. The van der Waals surface area contributed by atoms with Crippen LogP contribution in [0, 0.1) is 6.92 Å². The van der Waals surface area contributed by atoms with Gasteiger partial charge in [0.1, 0.15) is 11.5 Å². The second-order valence-electron chi connectivity index (χ2n) is 23.3. The van der Waals surface area contributed by atoms with E-state index in [0.717, 1.165) is 118 Å². The summed E-state index contributed by atoms with van der Waals surface area (Å²) in [6.07, 6.45) is 0. The molecule has 0 saturated carbocycles. The van der Waals surface area contributed by atoms with Crippen molar-refractivity contribution < 1.29 is 4.74 Å². The standard InChI is InChI=1S/C81H54BN5O/c1-53-23-20-21-36-72(53)87-73-37-22-38-77-79(73)82(70-51-74-68(49-76(70)87)66-43-39-54-47-62(41-45-64(54)80(66)85(74)60-32-16-6-17-33-60)83(56-24-8-2-9-25-56)57-26-10-3-11-27-57)71-52-75-69(50-78(71)88-77)67-44-40-55-48-63(42-46-65(55)81(67)86(75)61-34-18-7-19-35-61)84(58-28-12-4-13-29-58)59-30-14-5-15-31-59/h2-52H,1H3. The molecule has 16 aromatic rings. The fraction of sp³-hybridized carbons (Fsp3) is 0.0123. The number of hydrogen-bond donors (Lipinski definition) is 0. The molecule has 0 unspecified atom stereocenters. The van der Waals surface area contributed by atoms with Gasteiger partial charge in [-0.3, -0.25) is 0 Å². The van der Waals surface area contributed by atoms with Gasteiger partial charge in [-0.25, -0.2) is 0 Å². The van der Waals surface area contributed by atoms with Crippen LogP contribution < -0.4 is 35.8 Å². The van der Waals surface area contributed by atoms with Gasteiger partial charge in [-0.05, 0) is 179 Å². The number of rotatable bonds is 9. The molecule has 0 bridgehead atoms. The molecule has 0 amide bonds. The molecule has 0 spiro atoms. The van der Waals surface area contributed by atoms with Crippen LogP contribution in [-0.4, -0.2) is 15.8 Å². The summed E-state index contributed by atoms with van der Waals surface area (Å²) in [4.78, 5) is 7.19. The number of aryl methyl sites for hydroxylation is 1. The largest absolute Gasteiger partial charge is 0.458 e. The van der Waals surface area contributed by atoms with Gasteiger partial charge in [0.05, 0.1) is 22.1 Å². The third-order valence-electron chi connectivity index (χ3n) is 18.3. The molecule has 0 radical (unpaired) electrons. The van der Waals surface area contributed by atoms with Crippen LogP contribution in [0.2, 0.25) is 0 Å². The van der Waals surface area contributed by atoms with Crippen LogP contribution in [0.25, 0.3) is 76.5 Å². The predicted octanol–water partition coefficient (Wildman–Crippen LogP) is 19.8. The van der Waals surface area contributed by atoms with E-state index < -0.39 is 0 Å². The first-order chi connectivity index (χ1) is 43.6. The lowest BCUT2D eigenvalue weighted by Gasteiger charge is -2.40. The zero-order chi connectivity index (χ0) is 58.0. The van der Waals surface area contributed by atoms with Gasteiger partial charge in [0.15, 0.2) is 0 Å². The summed E-state index contributed by atoms with van der Waals surface area (Å²) < 4.78 is 12.4. The van der Waals surface area contributed by atoms with Crippen LogP contribution in [0.5, 0.6) is 11.5 Å². The van der Waals surface area contributed by atoms with E-state index in [2.05, 4.69) is 340 Å². The first-order valence-electron chi connectivity index (χ1n) is 30.3. The zero-order valence-corrected chi connectivity index (χ0v) is 48.2. The molecule has 0 fully saturated rings. The van der Waals surface area contributed by atoms with Crippen molar-refractivity contribution in [3.05, 3.63) is 315 Å². The van der Waals surface area contributed by atoms with Gasteiger partial charge in [0, 0.05) is 94.9 Å². The zero-order valence-electron chi connectivity index (χ0n) is 48.2. The first-order valence-corrected chi connectivity index (χ1v) is 30.3. The van der Waals surface area contributed by atoms with Crippen LogP contribution in [-0.2, 0) is 0 Å². The molecule has 412 valence electrons. The molecule has 6 nitrogen and oxygen atoms in total. The minimum absolute atomic E-state index is 0.189. The van der Waals surface area contributed by atoms with Crippen molar-refractivity contribution in [3.63, 3.8) is 0 Å². The average molecular weight is 1120 g/mol. The third-order valence-corrected chi connectivity index (χ3v) is 18.3. The van der Waals surface area contributed by atoms with Crippen LogP contribution in [0.15, 0.2) is 309 Å². The van der Waals surface area contributed by atoms with Crippen LogP contribution >= 0.6 is 0 Å². The summed E-state index contributed by atoms with van der Waals surface area (Å²) in [7, 11) is 0. The Kier molecular flexibility index (Phi) is 11.2. The molecule has 18 rings (SSSR count). The lowest BCUT2D eigenvalue weighted by Crippen LogP contribution is -2.59. The van der Waals surface area contributed by atoms with E-state index in [1.165, 1.54) is 43.5 Å². The molecule has 0 atom stereocenters. The highest BCUT2D eigenvalue weighted by molar-refractivity contribution is 6.99. The lowest BCUT2D eigenvalue weighted by molar-refractivity contribution is 0.488. The Bertz CT molecular complexity index is 5360. The number of fused-ring (bicyclic) bond motifs is 14. The van der Waals surface area contributed by atoms with E-state index in [1.54, 1.807) is 0 Å². The molecule has 2 aliphatic rings. The number of aromatic nitrogens is 2. The molecule has 2 aliphatic heterocycles. The Labute approximate surface area is 509 Å². The van der Waals surface area contributed by atoms with Crippen LogP contribution in [0.3, 0.4) is 0 Å². The highest BCUT2D eigenvalue weighted by Gasteiger charge is 2.43. The van der Waals surface area contributed by atoms with Crippen molar-refractivity contribution in [2.45, 2.75) is 6.92 Å². The predicted molar refractivity (Wildman–Crippen MR) is 370 cm³/mol. The molecule has 7 heteroatoms. The van der Waals surface area contributed by atoms with Crippen molar-refractivity contribution in [2.75, 3.05) is 14.7 Å². The Hall–Kier alpha value is -11.5. The normalized spacial score (nSPS) is 12.4. The molecule has 2 aromatic heterocycles. The summed E-state index contributed by atoms with van der Waals surface area (Å²) in [5.74, 6) is 1.74. The maximum absolute atomic E-state index is 7.35. The fourth-order valence-electron chi connectivity index (χ4n) is 14.6. The summed E-state index contributed by atoms with van der Waals surface area (Å²) >= 11 is 0. The lowest BCUT2D eigenvalue weighted by atomic mass is 9.34. The molecule has 0 N–H and O–H groups in total. The third kappa shape index (κ3) is 7.63. The second kappa shape index (κ2) is 19.8. The van der Waals surface area contributed by atoms with Gasteiger partial charge in [-0.1, -0.05) is 170 Å². The van der Waals surface area contributed by atoms with Crippen molar-refractivity contribution >= 4 is 139 Å². The minimum atomic E-state index is -0.189. The van der Waals surface area contributed by atoms with Gasteiger partial charge in [0.2, 0.25) is 0 Å². The van der Waals surface area contributed by atoms with Crippen LogP contribution in [0.4, 0.5) is 51.2 Å². The number of benzene rings is 14. The van der Waals surface area contributed by atoms with Crippen molar-refractivity contribution in [1.82, 2.24) is 9.13 Å². The molecule has 14 aromatic carbocycles. The van der Waals surface area contributed by atoms with Gasteiger partial charge in [0.25, 0.3) is 6.71 Å². The van der Waals surface area contributed by atoms with Crippen LogP contribution in [0.1, 0.15) is 5.56 Å². The maximum atomic E-state index is 7.35. The fourth-order valence-corrected chi connectivity index (χ4v) is 14.6. The molecule has 0 aliphatic carbocycles. The van der Waals surface area contributed by atoms with Crippen molar-refractivity contribution in [3.8, 4) is 22.9 Å². The summed E-state index contributed by atoms with van der Waals surface area (Å²) in [6.45, 7) is 2.04. The smallest absolute Gasteiger partial charge is 0.256 e. The topological polar surface area (TPSA) is 28.8 Å². The Morgan fingerprint density at radius 2 is 0.739 bits per heavy atom. The Morgan fingerprint density at radius 1 is 0.307 bits per heavy atom. The number of hydrogen-bond acceptors (Lipinski definition) is 4. The molecule has 0 saturated heterocycles. The number of anilines is 9. The van der Waals surface area contributed by atoms with Gasteiger partial charge >= 0.3 is 0 Å². The van der Waals surface area contributed by atoms with E-state index in [9.17, 15) is 0 Å². The summed E-state index contributed by atoms with van der Waals surface area (Å²) in [6, 6.07) is 113. The molecular weight excluding hydrogens is 1070 g/mol. The molecular formula is C81H54BN5O. The maximum Gasteiger partial charge on any atom is 0.256 e. The highest BCUT2D eigenvalue weighted by Crippen LogP contribution is 2.48. The van der Waals surface area contributed by atoms with E-state index in [-0.39, 0.29) is 6.71 Å². The van der Waals surface area contributed by atoms with Gasteiger partial charge < -0.3 is 28.6 Å².